The van der Waals surface area contributed by atoms with Crippen molar-refractivity contribution in [3.8, 4) is 50.3 Å². The second-order valence-electron chi connectivity index (χ2n) is 18.7. The van der Waals surface area contributed by atoms with Crippen LogP contribution in [-0.2, 0) is 11.6 Å². The Bertz CT molecular complexity index is 3980. The van der Waals surface area contributed by atoms with Gasteiger partial charge in [-0.25, -0.2) is 4.98 Å². The Morgan fingerprint density at radius 2 is 1.10 bits per heavy atom. The van der Waals surface area contributed by atoms with Crippen molar-refractivity contribution in [2.24, 2.45) is 0 Å². The number of pyridine rings is 1. The van der Waals surface area contributed by atoms with Gasteiger partial charge in [-0.1, -0.05) is 166 Å². The van der Waals surface area contributed by atoms with Crippen molar-refractivity contribution in [1.29, 1.82) is 0 Å². The van der Waals surface area contributed by atoms with Gasteiger partial charge in [0.2, 0.25) is 0 Å². The van der Waals surface area contributed by atoms with Crippen molar-refractivity contribution in [2.75, 3.05) is 0 Å². The quantitative estimate of drug-likeness (QED) is 0.115. The maximum atomic E-state index is 13.7. The fraction of sp³-hybridized carbons (Fsp3) is 0.0781. The molecule has 1 aliphatic carbocycles. The fourth-order valence-electron chi connectivity index (χ4n) is 10.8. The van der Waals surface area contributed by atoms with Gasteiger partial charge in [-0.15, -0.1) is 0 Å². The Morgan fingerprint density at radius 1 is 0.507 bits per heavy atom. The molecule has 2 nitrogen and oxygen atoms in total. The van der Waals surface area contributed by atoms with Gasteiger partial charge in [0, 0.05) is 21.8 Å². The highest BCUT2D eigenvalue weighted by Crippen LogP contribution is 2.50. The zero-order valence-electron chi connectivity index (χ0n) is 38.4. The Labute approximate surface area is 398 Å². The number of nitrogens with zero attached hydrogens (tertiary/aromatic N) is 2. The molecule has 0 bridgehead atoms. The summed E-state index contributed by atoms with van der Waals surface area (Å²) in [6.45, 7) is 11.1. The summed E-state index contributed by atoms with van der Waals surface area (Å²) in [4.78, 5) is 5.16. The topological polar surface area (TPSA) is 17.8 Å². The molecule has 5 heteroatoms. The summed E-state index contributed by atoms with van der Waals surface area (Å²) < 4.78 is 43.4. The Morgan fingerprint density at radius 3 is 1.87 bits per heavy atom. The highest BCUT2D eigenvalue weighted by atomic mass is 19.4. The van der Waals surface area contributed by atoms with Crippen molar-refractivity contribution in [1.82, 2.24) is 9.55 Å². The number of alkyl halides is 3. The fourth-order valence-corrected chi connectivity index (χ4v) is 10.8. The van der Waals surface area contributed by atoms with Crippen LogP contribution in [0.5, 0.6) is 0 Å². The number of hydrogen-bond donors (Lipinski definition) is 0. The molecular weight excluding hydrogens is 854 g/mol. The van der Waals surface area contributed by atoms with Crippen molar-refractivity contribution >= 4 is 59.7 Å². The van der Waals surface area contributed by atoms with Crippen molar-refractivity contribution in [2.45, 2.75) is 32.4 Å². The normalized spacial score (nSPS) is 13.4. The Kier molecular flexibility index (Phi) is 9.72. The van der Waals surface area contributed by atoms with Crippen LogP contribution in [0.4, 0.5) is 13.2 Å². The van der Waals surface area contributed by atoms with E-state index >= 15 is 0 Å². The van der Waals surface area contributed by atoms with E-state index in [0.29, 0.717) is 5.56 Å². The van der Waals surface area contributed by atoms with Crippen LogP contribution in [0.2, 0.25) is 0 Å². The van der Waals surface area contributed by atoms with Crippen molar-refractivity contribution < 1.29 is 13.2 Å². The van der Waals surface area contributed by atoms with Crippen LogP contribution in [0.15, 0.2) is 213 Å². The van der Waals surface area contributed by atoms with E-state index in [1.54, 1.807) is 12.1 Å². The molecule has 0 fully saturated rings. The maximum absolute atomic E-state index is 13.7. The molecule has 0 aliphatic heterocycles. The summed E-state index contributed by atoms with van der Waals surface area (Å²) in [5, 5.41) is 8.89. The molecule has 12 rings (SSSR count). The minimum atomic E-state index is -4.42. The molecule has 332 valence electrons. The number of benzene rings is 9. The highest BCUT2D eigenvalue weighted by Gasteiger charge is 2.35. The number of fused-ring (bicyclic) bond motifs is 12. The van der Waals surface area contributed by atoms with E-state index < -0.39 is 11.7 Å². The van der Waals surface area contributed by atoms with Gasteiger partial charge in [0.05, 0.1) is 33.7 Å². The molecule has 0 saturated heterocycles. The SMILES string of the molecule is C=C(/C=C\C=C/C)c1cc(-n2c3ccc(-c4ccc(C(F)(F)F)cc4)cc3c3cc4c5ccccc5c5cc(-c6ccc7c(c6)C(C)(C)c6ccccc6-7)ccc5c4cc32)cc(-c2ccccc2)n1. The molecule has 0 spiro atoms. The molecule has 9 aromatic carbocycles. The molecule has 1 aliphatic rings. The average molecular weight is 899 g/mol. The second kappa shape index (κ2) is 15.9. The lowest BCUT2D eigenvalue weighted by Crippen LogP contribution is -2.14. The molecule has 0 N–H and O–H groups in total. The van der Waals surface area contributed by atoms with Crippen LogP contribution in [0, 0.1) is 0 Å². The predicted molar refractivity (Wildman–Crippen MR) is 283 cm³/mol. The minimum absolute atomic E-state index is 0.113. The van der Waals surface area contributed by atoms with E-state index in [2.05, 4.69) is 158 Å². The second-order valence-corrected chi connectivity index (χ2v) is 18.7. The molecular formula is C64H45F3N2. The lowest BCUT2D eigenvalue weighted by molar-refractivity contribution is -0.137. The van der Waals surface area contributed by atoms with Crippen LogP contribution in [0.3, 0.4) is 0 Å². The number of halogens is 3. The van der Waals surface area contributed by atoms with Crippen LogP contribution < -0.4 is 0 Å². The van der Waals surface area contributed by atoms with Crippen molar-refractivity contribution in [3.05, 3.63) is 235 Å². The third kappa shape index (κ3) is 6.91. The smallest absolute Gasteiger partial charge is 0.309 e. The van der Waals surface area contributed by atoms with Gasteiger partial charge in [-0.05, 0) is 150 Å². The van der Waals surface area contributed by atoms with Gasteiger partial charge in [0.25, 0.3) is 0 Å². The van der Waals surface area contributed by atoms with Crippen LogP contribution in [-0.4, -0.2) is 9.55 Å². The number of rotatable bonds is 7. The third-order valence-corrected chi connectivity index (χ3v) is 14.3. The van der Waals surface area contributed by atoms with Crippen LogP contribution in [0.1, 0.15) is 43.2 Å². The third-order valence-electron chi connectivity index (χ3n) is 14.3. The van der Waals surface area contributed by atoms with Gasteiger partial charge in [-0.3, -0.25) is 0 Å². The van der Waals surface area contributed by atoms with E-state index in [0.717, 1.165) is 94.8 Å². The van der Waals surface area contributed by atoms with E-state index in [-0.39, 0.29) is 5.41 Å². The monoisotopic (exact) mass is 898 g/mol. The standard InChI is InChI=1S/C64H45F3N2/c1-5-6-8-15-39(2)59-35-46(36-60(68-59)41-16-9-7-10-17-41)69-61-31-26-42(40-22-27-45(28-23-40)64(65,66)67)33-55(61)56-37-53-48-19-12-11-18-47(48)52-32-43(24-29-49(52)54(53)38-62(56)69)44-25-30-51-50-20-13-14-21-57(50)63(3,4)58(51)34-44/h5-38H,2H2,1,3-4H3/b6-5-,15-8-. The molecule has 0 radical (unpaired) electrons. The van der Waals surface area contributed by atoms with Crippen molar-refractivity contribution in [3.63, 3.8) is 0 Å². The minimum Gasteiger partial charge on any atom is -0.309 e. The lowest BCUT2D eigenvalue weighted by atomic mass is 9.81. The summed E-state index contributed by atoms with van der Waals surface area (Å²) in [6.07, 6.45) is 3.48. The first-order valence-corrected chi connectivity index (χ1v) is 23.3. The van der Waals surface area contributed by atoms with E-state index in [4.69, 9.17) is 4.98 Å². The summed E-state index contributed by atoms with van der Waals surface area (Å²) in [7, 11) is 0. The Balaban J connectivity index is 1.12. The molecule has 2 aromatic heterocycles. The number of allylic oxidation sites excluding steroid dienone is 5. The summed E-state index contributed by atoms with van der Waals surface area (Å²) in [6, 6.07) is 62.0. The molecule has 11 aromatic rings. The van der Waals surface area contributed by atoms with Gasteiger partial charge in [0.15, 0.2) is 0 Å². The first-order chi connectivity index (χ1) is 33.5. The van der Waals surface area contributed by atoms with Gasteiger partial charge in [-0.2, -0.15) is 13.2 Å². The highest BCUT2D eigenvalue weighted by molar-refractivity contribution is 6.29. The lowest BCUT2D eigenvalue weighted by Gasteiger charge is -2.22. The van der Waals surface area contributed by atoms with E-state index in [1.165, 1.54) is 38.6 Å². The first-order valence-electron chi connectivity index (χ1n) is 23.3. The van der Waals surface area contributed by atoms with Gasteiger partial charge >= 0.3 is 6.18 Å². The first kappa shape index (κ1) is 42.1. The van der Waals surface area contributed by atoms with Gasteiger partial charge in [0.1, 0.15) is 0 Å². The Hall–Kier alpha value is -8.28. The molecule has 0 atom stereocenters. The molecule has 0 amide bonds. The van der Waals surface area contributed by atoms with Crippen LogP contribution in [0.25, 0.3) is 110 Å². The summed E-state index contributed by atoms with van der Waals surface area (Å²) in [5.74, 6) is 0. The molecule has 0 saturated carbocycles. The number of aromatic nitrogens is 2. The largest absolute Gasteiger partial charge is 0.416 e. The van der Waals surface area contributed by atoms with E-state index in [9.17, 15) is 13.2 Å². The average Bonchev–Trinajstić information content (AvgIpc) is 3.82. The molecule has 2 heterocycles. The van der Waals surface area contributed by atoms with Gasteiger partial charge < -0.3 is 4.57 Å². The molecule has 69 heavy (non-hydrogen) atoms. The summed E-state index contributed by atoms with van der Waals surface area (Å²) in [5.41, 5.74) is 14.6. The maximum Gasteiger partial charge on any atom is 0.416 e. The predicted octanol–water partition coefficient (Wildman–Crippen LogP) is 18.1. The summed E-state index contributed by atoms with van der Waals surface area (Å²) >= 11 is 0. The van der Waals surface area contributed by atoms with Crippen LogP contribution >= 0.6 is 0 Å². The zero-order chi connectivity index (χ0) is 47.2. The zero-order valence-corrected chi connectivity index (χ0v) is 38.4. The molecule has 0 unspecified atom stereocenters. The number of hydrogen-bond acceptors (Lipinski definition) is 1. The van der Waals surface area contributed by atoms with E-state index in [1.807, 2.05) is 55.5 Å².